The molecule has 0 radical (unpaired) electrons. The van der Waals surface area contributed by atoms with E-state index in [1.807, 2.05) is 0 Å². The first-order chi connectivity index (χ1) is 14.9. The van der Waals surface area contributed by atoms with E-state index in [-0.39, 0.29) is 17.7 Å². The highest BCUT2D eigenvalue weighted by Crippen LogP contribution is 2.18. The monoisotopic (exact) mass is 439 g/mol. The van der Waals surface area contributed by atoms with Crippen molar-refractivity contribution in [2.45, 2.75) is 13.0 Å². The van der Waals surface area contributed by atoms with Crippen molar-refractivity contribution in [3.63, 3.8) is 0 Å². The number of hydrazine groups is 1. The van der Waals surface area contributed by atoms with Crippen LogP contribution in [0, 0.1) is 10.1 Å². The molecule has 0 unspecified atom stereocenters. The molecule has 31 heavy (non-hydrogen) atoms. The van der Waals surface area contributed by atoms with Gasteiger partial charge in [0.15, 0.2) is 0 Å². The maximum atomic E-state index is 12.2. The van der Waals surface area contributed by atoms with E-state index in [9.17, 15) is 19.7 Å². The summed E-state index contributed by atoms with van der Waals surface area (Å²) in [6.07, 6.45) is -0.238. The molecule has 2 N–H and O–H groups in total. The maximum absolute atomic E-state index is 12.2. The number of hydrogen-bond donors (Lipinski definition) is 2. The second-order valence-corrected chi connectivity index (χ2v) is 6.94. The van der Waals surface area contributed by atoms with Crippen molar-refractivity contribution in [3.05, 3.63) is 105 Å². The molecular formula is C22H18ClN3O5. The van der Waals surface area contributed by atoms with Crippen molar-refractivity contribution in [1.29, 1.82) is 0 Å². The smallest absolute Gasteiger partial charge is 0.273 e. The number of carbonyl (C=O) groups is 2. The lowest BCUT2D eigenvalue weighted by atomic mass is 10.1. The molecule has 0 aliphatic heterocycles. The Labute approximate surface area is 182 Å². The number of nitrogens with zero attached hydrogens (tertiary/aromatic N) is 1. The number of nitro benzene ring substituents is 1. The van der Waals surface area contributed by atoms with E-state index in [1.54, 1.807) is 54.6 Å². The van der Waals surface area contributed by atoms with E-state index in [0.717, 1.165) is 5.56 Å². The van der Waals surface area contributed by atoms with Crippen molar-refractivity contribution in [3.8, 4) is 5.75 Å². The summed E-state index contributed by atoms with van der Waals surface area (Å²) in [4.78, 5) is 34.7. The first-order valence-electron chi connectivity index (χ1n) is 9.21. The summed E-state index contributed by atoms with van der Waals surface area (Å²) in [6.45, 7) is 0.316. The molecule has 0 atom stereocenters. The van der Waals surface area contributed by atoms with Crippen LogP contribution in [-0.4, -0.2) is 16.7 Å². The largest absolute Gasteiger partial charge is 0.489 e. The standard InChI is InChI=1S/C22H18ClN3O5/c23-18-9-11-19(12-10-18)31-14-15-5-7-16(8-6-15)22(28)25-24-21(27)13-17-3-1-2-4-20(17)26(29)30/h1-12H,13-14H2,(H,24,27)(H,25,28). The molecule has 0 saturated carbocycles. The van der Waals surface area contributed by atoms with E-state index >= 15 is 0 Å². The fourth-order valence-corrected chi connectivity index (χ4v) is 2.83. The molecule has 0 saturated heterocycles. The first kappa shape index (κ1) is 21.8. The van der Waals surface area contributed by atoms with Crippen LogP contribution in [0.5, 0.6) is 5.75 Å². The van der Waals surface area contributed by atoms with Gasteiger partial charge in [0.25, 0.3) is 11.6 Å². The van der Waals surface area contributed by atoms with Crippen LogP contribution < -0.4 is 15.6 Å². The van der Waals surface area contributed by atoms with E-state index in [1.165, 1.54) is 18.2 Å². The molecule has 0 aromatic heterocycles. The number of carbonyl (C=O) groups excluding carboxylic acids is 2. The lowest BCUT2D eigenvalue weighted by Gasteiger charge is -2.09. The van der Waals surface area contributed by atoms with Gasteiger partial charge in [0.2, 0.25) is 5.91 Å². The van der Waals surface area contributed by atoms with Crippen LogP contribution >= 0.6 is 11.6 Å². The fourth-order valence-electron chi connectivity index (χ4n) is 2.70. The van der Waals surface area contributed by atoms with Crippen LogP contribution in [0.2, 0.25) is 5.02 Å². The van der Waals surface area contributed by atoms with Crippen molar-refractivity contribution >= 4 is 29.1 Å². The second-order valence-electron chi connectivity index (χ2n) is 6.50. The minimum absolute atomic E-state index is 0.152. The van der Waals surface area contributed by atoms with E-state index < -0.39 is 16.7 Å². The van der Waals surface area contributed by atoms with Gasteiger partial charge in [-0.05, 0) is 42.0 Å². The molecule has 0 heterocycles. The molecule has 9 heteroatoms. The third-order valence-corrected chi connectivity index (χ3v) is 4.54. The number of benzene rings is 3. The van der Waals surface area contributed by atoms with Crippen LogP contribution in [0.25, 0.3) is 0 Å². The van der Waals surface area contributed by atoms with E-state index in [2.05, 4.69) is 10.9 Å². The van der Waals surface area contributed by atoms with Crippen molar-refractivity contribution in [1.82, 2.24) is 10.9 Å². The van der Waals surface area contributed by atoms with E-state index in [0.29, 0.717) is 22.9 Å². The van der Waals surface area contributed by atoms with Gasteiger partial charge < -0.3 is 4.74 Å². The molecule has 0 fully saturated rings. The third kappa shape index (κ3) is 6.28. The molecular weight excluding hydrogens is 422 g/mol. The van der Waals surface area contributed by atoms with Gasteiger partial charge in [-0.2, -0.15) is 0 Å². The van der Waals surface area contributed by atoms with Crippen molar-refractivity contribution in [2.75, 3.05) is 0 Å². The van der Waals surface area contributed by atoms with Gasteiger partial charge in [-0.3, -0.25) is 30.6 Å². The third-order valence-electron chi connectivity index (χ3n) is 4.29. The number of nitrogens with one attached hydrogen (secondary N) is 2. The molecule has 2 amide bonds. The average Bonchev–Trinajstić information content (AvgIpc) is 2.77. The summed E-state index contributed by atoms with van der Waals surface area (Å²) < 4.78 is 5.65. The number of nitro groups is 1. The lowest BCUT2D eigenvalue weighted by Crippen LogP contribution is -2.42. The Balaban J connectivity index is 1.49. The quantitative estimate of drug-likeness (QED) is 0.429. The number of halogens is 1. The van der Waals surface area contributed by atoms with Gasteiger partial charge in [-0.15, -0.1) is 0 Å². The average molecular weight is 440 g/mol. The minimum atomic E-state index is -0.573. The molecule has 8 nitrogen and oxygen atoms in total. The number of amides is 2. The SMILES string of the molecule is O=C(Cc1ccccc1[N+](=O)[O-])NNC(=O)c1ccc(COc2ccc(Cl)cc2)cc1. The van der Waals surface area contributed by atoms with Crippen LogP contribution in [0.4, 0.5) is 5.69 Å². The summed E-state index contributed by atoms with van der Waals surface area (Å²) in [7, 11) is 0. The van der Waals surface area contributed by atoms with Crippen molar-refractivity contribution in [2.24, 2.45) is 0 Å². The predicted molar refractivity (Wildman–Crippen MR) is 115 cm³/mol. The summed E-state index contributed by atoms with van der Waals surface area (Å²) in [5.74, 6) is -0.413. The van der Waals surface area contributed by atoms with Gasteiger partial charge in [-0.25, -0.2) is 0 Å². The molecule has 0 spiro atoms. The van der Waals surface area contributed by atoms with Gasteiger partial charge in [0, 0.05) is 22.2 Å². The zero-order chi connectivity index (χ0) is 22.2. The Morgan fingerprint density at radius 1 is 0.935 bits per heavy atom. The van der Waals surface area contributed by atoms with Crippen LogP contribution in [-0.2, 0) is 17.8 Å². The Hall–Kier alpha value is -3.91. The van der Waals surface area contributed by atoms with Gasteiger partial charge >= 0.3 is 0 Å². The van der Waals surface area contributed by atoms with Crippen LogP contribution in [0.1, 0.15) is 21.5 Å². The van der Waals surface area contributed by atoms with E-state index in [4.69, 9.17) is 16.3 Å². The summed E-state index contributed by atoms with van der Waals surface area (Å²) >= 11 is 5.83. The van der Waals surface area contributed by atoms with Crippen LogP contribution in [0.15, 0.2) is 72.8 Å². The zero-order valence-corrected chi connectivity index (χ0v) is 17.0. The lowest BCUT2D eigenvalue weighted by molar-refractivity contribution is -0.385. The number of para-hydroxylation sites is 1. The molecule has 3 aromatic rings. The summed E-state index contributed by atoms with van der Waals surface area (Å²) in [5.41, 5.74) is 5.85. The number of ether oxygens (including phenoxy) is 1. The molecule has 158 valence electrons. The van der Waals surface area contributed by atoms with Gasteiger partial charge in [-0.1, -0.05) is 41.9 Å². The normalized spacial score (nSPS) is 10.2. The summed E-state index contributed by atoms with van der Waals surface area (Å²) in [6, 6.07) is 19.6. The number of rotatable bonds is 7. The second kappa shape index (κ2) is 10.2. The first-order valence-corrected chi connectivity index (χ1v) is 9.59. The van der Waals surface area contributed by atoms with Crippen molar-refractivity contribution < 1.29 is 19.2 Å². The molecule has 3 aromatic carbocycles. The molecule has 0 bridgehead atoms. The Bertz CT molecular complexity index is 1090. The maximum Gasteiger partial charge on any atom is 0.273 e. The Morgan fingerprint density at radius 3 is 2.29 bits per heavy atom. The van der Waals surface area contributed by atoms with Gasteiger partial charge in [0.05, 0.1) is 11.3 Å². The Morgan fingerprint density at radius 2 is 1.61 bits per heavy atom. The molecule has 3 rings (SSSR count). The fraction of sp³-hybridized carbons (Fsp3) is 0.0909. The zero-order valence-electron chi connectivity index (χ0n) is 16.2. The Kier molecular flexibility index (Phi) is 7.18. The summed E-state index contributed by atoms with van der Waals surface area (Å²) in [5, 5.41) is 11.6. The molecule has 0 aliphatic rings. The van der Waals surface area contributed by atoms with Gasteiger partial charge in [0.1, 0.15) is 12.4 Å². The highest BCUT2D eigenvalue weighted by Gasteiger charge is 2.16. The highest BCUT2D eigenvalue weighted by molar-refractivity contribution is 6.30. The highest BCUT2D eigenvalue weighted by atomic mass is 35.5. The topological polar surface area (TPSA) is 111 Å². The minimum Gasteiger partial charge on any atom is -0.489 e. The number of hydrogen-bond acceptors (Lipinski definition) is 5. The predicted octanol–water partition coefficient (Wildman–Crippen LogP) is 3.83. The van der Waals surface area contributed by atoms with Crippen LogP contribution in [0.3, 0.4) is 0 Å². The molecule has 0 aliphatic carbocycles.